The first-order chi connectivity index (χ1) is 8.26. The summed E-state index contributed by atoms with van der Waals surface area (Å²) in [6.07, 6.45) is 1.83. The highest BCUT2D eigenvalue weighted by Gasteiger charge is 2.26. The average molecular weight is 253 g/mol. The number of nitro groups is 1. The van der Waals surface area contributed by atoms with E-state index in [0.717, 1.165) is 12.8 Å². The molecule has 0 fully saturated rings. The molecule has 1 heterocycles. The van der Waals surface area contributed by atoms with Gasteiger partial charge >= 0.3 is 5.69 Å². The number of nitrogens with two attached hydrogens (primary N) is 1. The van der Waals surface area contributed by atoms with Crippen LogP contribution < -0.4 is 11.1 Å². The third-order valence-corrected chi connectivity index (χ3v) is 2.59. The Kier molecular flexibility index (Phi) is 4.05. The van der Waals surface area contributed by atoms with Crippen LogP contribution in [0, 0.1) is 17.0 Å². The van der Waals surface area contributed by atoms with Crippen LogP contribution in [0.3, 0.4) is 0 Å². The number of aryl methyl sites for hydroxylation is 1. The zero-order valence-electron chi connectivity index (χ0n) is 11.1. The second kappa shape index (κ2) is 5.16. The van der Waals surface area contributed by atoms with Crippen molar-refractivity contribution in [3.8, 4) is 0 Å². The van der Waals surface area contributed by atoms with Crippen molar-refractivity contribution in [1.82, 2.24) is 9.97 Å². The van der Waals surface area contributed by atoms with Gasteiger partial charge in [-0.05, 0) is 27.2 Å². The number of nitrogen functional groups attached to an aromatic ring is 1. The molecule has 7 nitrogen and oxygen atoms in total. The number of hydrogen-bond donors (Lipinski definition) is 2. The Balaban J connectivity index is 3.19. The van der Waals surface area contributed by atoms with E-state index < -0.39 is 4.92 Å². The quantitative estimate of drug-likeness (QED) is 0.615. The van der Waals surface area contributed by atoms with Crippen LogP contribution in [0.2, 0.25) is 0 Å². The fourth-order valence-corrected chi connectivity index (χ4v) is 1.90. The molecule has 18 heavy (non-hydrogen) atoms. The lowest BCUT2D eigenvalue weighted by molar-refractivity contribution is -0.385. The maximum Gasteiger partial charge on any atom is 0.332 e. The highest BCUT2D eigenvalue weighted by Crippen LogP contribution is 2.29. The fraction of sp³-hybridized carbons (Fsp3) is 0.636. The van der Waals surface area contributed by atoms with Crippen molar-refractivity contribution in [3.63, 3.8) is 0 Å². The maximum absolute atomic E-state index is 11.0. The van der Waals surface area contributed by atoms with Gasteiger partial charge in [0.05, 0.1) is 4.92 Å². The van der Waals surface area contributed by atoms with Crippen molar-refractivity contribution < 1.29 is 4.92 Å². The van der Waals surface area contributed by atoms with E-state index in [4.69, 9.17) is 5.73 Å². The zero-order chi connectivity index (χ0) is 13.9. The molecule has 0 spiro atoms. The van der Waals surface area contributed by atoms with Crippen LogP contribution >= 0.6 is 0 Å². The second-order valence-electron chi connectivity index (χ2n) is 4.88. The number of nitrogens with zero attached hydrogens (tertiary/aromatic N) is 3. The molecule has 1 aromatic rings. The van der Waals surface area contributed by atoms with Crippen molar-refractivity contribution in [2.24, 2.45) is 0 Å². The van der Waals surface area contributed by atoms with E-state index in [1.54, 1.807) is 6.92 Å². The smallest absolute Gasteiger partial charge is 0.332 e. The molecule has 1 aromatic heterocycles. The number of anilines is 2. The third-order valence-electron chi connectivity index (χ3n) is 2.59. The van der Waals surface area contributed by atoms with Crippen molar-refractivity contribution in [2.45, 2.75) is 46.1 Å². The van der Waals surface area contributed by atoms with Gasteiger partial charge in [-0.3, -0.25) is 10.1 Å². The Morgan fingerprint density at radius 1 is 1.44 bits per heavy atom. The third kappa shape index (κ3) is 3.28. The van der Waals surface area contributed by atoms with Crippen LogP contribution in [0.5, 0.6) is 0 Å². The van der Waals surface area contributed by atoms with Gasteiger partial charge in [-0.15, -0.1) is 0 Å². The number of rotatable bonds is 5. The van der Waals surface area contributed by atoms with E-state index in [0.29, 0.717) is 0 Å². The van der Waals surface area contributed by atoms with Crippen molar-refractivity contribution >= 4 is 17.5 Å². The molecule has 7 heteroatoms. The van der Waals surface area contributed by atoms with E-state index >= 15 is 0 Å². The minimum Gasteiger partial charge on any atom is -0.368 e. The standard InChI is InChI=1S/C11H19N5O2/c1-5-6-11(3,4)15-9-8(16(17)18)7(2)13-10(12)14-9/h5-6H2,1-4H3,(H3,12,13,14,15). The molecule has 0 aliphatic rings. The lowest BCUT2D eigenvalue weighted by Crippen LogP contribution is -2.31. The van der Waals surface area contributed by atoms with Gasteiger partial charge in [0.15, 0.2) is 0 Å². The molecule has 0 aromatic carbocycles. The van der Waals surface area contributed by atoms with Gasteiger partial charge < -0.3 is 11.1 Å². The Morgan fingerprint density at radius 3 is 2.56 bits per heavy atom. The molecular weight excluding hydrogens is 234 g/mol. The SMILES string of the molecule is CCCC(C)(C)Nc1nc(N)nc(C)c1[N+](=O)[O-]. The summed E-state index contributed by atoms with van der Waals surface area (Å²) >= 11 is 0. The van der Waals surface area contributed by atoms with E-state index in [2.05, 4.69) is 22.2 Å². The Bertz CT molecular complexity index is 459. The molecule has 100 valence electrons. The molecule has 0 aliphatic carbocycles. The Labute approximate surface area is 106 Å². The van der Waals surface area contributed by atoms with Gasteiger partial charge in [0.1, 0.15) is 5.69 Å². The molecule has 0 bridgehead atoms. The first-order valence-electron chi connectivity index (χ1n) is 5.83. The predicted octanol–water partition coefficient (Wildman–Crippen LogP) is 2.27. The van der Waals surface area contributed by atoms with Gasteiger partial charge in [0.25, 0.3) is 0 Å². The molecule has 0 aliphatic heterocycles. The first-order valence-corrected chi connectivity index (χ1v) is 5.83. The van der Waals surface area contributed by atoms with Gasteiger partial charge in [0, 0.05) is 5.54 Å². The van der Waals surface area contributed by atoms with Crippen LogP contribution in [-0.4, -0.2) is 20.4 Å². The molecule has 0 saturated heterocycles. The minimum absolute atomic E-state index is 0.0351. The van der Waals surface area contributed by atoms with E-state index in [-0.39, 0.29) is 28.7 Å². The topological polar surface area (TPSA) is 107 Å². The summed E-state index contributed by atoms with van der Waals surface area (Å²) in [5, 5.41) is 14.1. The van der Waals surface area contributed by atoms with Gasteiger partial charge in [-0.1, -0.05) is 13.3 Å². The average Bonchev–Trinajstić information content (AvgIpc) is 2.13. The lowest BCUT2D eigenvalue weighted by atomic mass is 9.99. The second-order valence-corrected chi connectivity index (χ2v) is 4.88. The van der Waals surface area contributed by atoms with Crippen LogP contribution in [0.4, 0.5) is 17.5 Å². The molecule has 0 amide bonds. The highest BCUT2D eigenvalue weighted by molar-refractivity contribution is 5.61. The number of aromatic nitrogens is 2. The first kappa shape index (κ1) is 14.1. The highest BCUT2D eigenvalue weighted by atomic mass is 16.6. The van der Waals surface area contributed by atoms with Crippen molar-refractivity contribution in [3.05, 3.63) is 15.8 Å². The Hall–Kier alpha value is -1.92. The fourth-order valence-electron chi connectivity index (χ4n) is 1.90. The van der Waals surface area contributed by atoms with E-state index in [1.807, 2.05) is 13.8 Å². The largest absolute Gasteiger partial charge is 0.368 e. The maximum atomic E-state index is 11.0. The summed E-state index contributed by atoms with van der Waals surface area (Å²) in [4.78, 5) is 18.3. The van der Waals surface area contributed by atoms with Gasteiger partial charge in [0.2, 0.25) is 11.8 Å². The molecule has 0 saturated carbocycles. The van der Waals surface area contributed by atoms with Gasteiger partial charge in [-0.2, -0.15) is 4.98 Å². The normalized spacial score (nSPS) is 11.3. The van der Waals surface area contributed by atoms with Crippen molar-refractivity contribution in [1.29, 1.82) is 0 Å². The summed E-state index contributed by atoms with van der Waals surface area (Å²) in [7, 11) is 0. The molecular formula is C11H19N5O2. The summed E-state index contributed by atoms with van der Waals surface area (Å²) in [6.45, 7) is 7.54. The summed E-state index contributed by atoms with van der Waals surface area (Å²) in [6, 6.07) is 0. The summed E-state index contributed by atoms with van der Waals surface area (Å²) in [5.41, 5.74) is 5.40. The summed E-state index contributed by atoms with van der Waals surface area (Å²) < 4.78 is 0. The Morgan fingerprint density at radius 2 is 2.06 bits per heavy atom. The number of hydrogen-bond acceptors (Lipinski definition) is 6. The van der Waals surface area contributed by atoms with Gasteiger partial charge in [-0.25, -0.2) is 4.98 Å². The number of nitrogens with one attached hydrogen (secondary N) is 1. The molecule has 1 rings (SSSR count). The van der Waals surface area contributed by atoms with Crippen molar-refractivity contribution in [2.75, 3.05) is 11.1 Å². The van der Waals surface area contributed by atoms with Crippen LogP contribution in [-0.2, 0) is 0 Å². The molecule has 0 radical (unpaired) electrons. The zero-order valence-corrected chi connectivity index (χ0v) is 11.1. The summed E-state index contributed by atoms with van der Waals surface area (Å²) in [5.74, 6) is 0.219. The van der Waals surface area contributed by atoms with E-state index in [1.165, 1.54) is 0 Å². The molecule has 3 N–H and O–H groups in total. The molecule has 0 atom stereocenters. The minimum atomic E-state index is -0.487. The molecule has 0 unspecified atom stereocenters. The lowest BCUT2D eigenvalue weighted by Gasteiger charge is -2.26. The predicted molar refractivity (Wildman–Crippen MR) is 70.4 cm³/mol. The van der Waals surface area contributed by atoms with E-state index in [9.17, 15) is 10.1 Å². The monoisotopic (exact) mass is 253 g/mol. The van der Waals surface area contributed by atoms with Crippen LogP contribution in [0.25, 0.3) is 0 Å². The van der Waals surface area contributed by atoms with Crippen LogP contribution in [0.15, 0.2) is 0 Å². The van der Waals surface area contributed by atoms with Crippen LogP contribution in [0.1, 0.15) is 39.3 Å².